The van der Waals surface area contributed by atoms with Gasteiger partial charge in [0.1, 0.15) is 12.4 Å². The number of ether oxygens (including phenoxy) is 1. The first kappa shape index (κ1) is 32.2. The van der Waals surface area contributed by atoms with E-state index in [9.17, 15) is 14.6 Å². The molecule has 4 aromatic rings. The third-order valence-corrected chi connectivity index (χ3v) is 11.8. The summed E-state index contributed by atoms with van der Waals surface area (Å²) in [7, 11) is 0. The number of aromatic amines is 1. The van der Waals surface area contributed by atoms with Gasteiger partial charge in [-0.15, -0.1) is 16.9 Å². The predicted octanol–water partition coefficient (Wildman–Crippen LogP) is 0.0401. The molecule has 7 N–H and O–H groups in total. The highest BCUT2D eigenvalue weighted by molar-refractivity contribution is 8.07. The molecule has 7 rings (SSSR count). The van der Waals surface area contributed by atoms with E-state index < -0.39 is 73.7 Å². The first-order chi connectivity index (χ1) is 21.6. The molecule has 3 fully saturated rings. The molecule has 0 radical (unpaired) electrons. The quantitative estimate of drug-likeness (QED) is 0.170. The van der Waals surface area contributed by atoms with Gasteiger partial charge in [-0.1, -0.05) is 5.21 Å². The van der Waals surface area contributed by atoms with Gasteiger partial charge in [-0.25, -0.2) is 19.3 Å². The smallest absolute Gasteiger partial charge is 0.326 e. The number of H-pyrrole nitrogens is 1. The number of nitrogens with zero attached hydrogens (tertiary/aromatic N) is 8. The van der Waals surface area contributed by atoms with Crippen molar-refractivity contribution in [3.63, 3.8) is 0 Å². The lowest BCUT2D eigenvalue weighted by Crippen LogP contribution is -2.46. The molecule has 19 nitrogen and oxygen atoms in total. The molecule has 2 bridgehead atoms. The summed E-state index contributed by atoms with van der Waals surface area (Å²) in [5.41, 5.74) is 7.72. The second kappa shape index (κ2) is 11.1. The van der Waals surface area contributed by atoms with Crippen LogP contribution < -0.4 is 17.0 Å². The zero-order chi connectivity index (χ0) is 32.8. The zero-order valence-corrected chi connectivity index (χ0v) is 26.7. The Labute approximate surface area is 267 Å². The van der Waals surface area contributed by atoms with Crippen molar-refractivity contribution in [2.24, 2.45) is 0 Å². The molecule has 3 aliphatic rings. The molecule has 2 unspecified atom stereocenters. The van der Waals surface area contributed by atoms with Gasteiger partial charge in [0.25, 0.3) is 5.56 Å². The normalized spacial score (nSPS) is 36.7. The van der Waals surface area contributed by atoms with E-state index in [4.69, 9.17) is 57.9 Å². The molecule has 0 saturated carbocycles. The molecule has 0 aromatic carbocycles. The molecular weight excluding hydrogens is 725 g/mol. The van der Waals surface area contributed by atoms with Crippen molar-refractivity contribution in [2.45, 2.75) is 41.5 Å². The van der Waals surface area contributed by atoms with Gasteiger partial charge >= 0.3 is 19.4 Å². The van der Waals surface area contributed by atoms with Gasteiger partial charge in [0.05, 0.1) is 24.8 Å². The number of nitrogens with two attached hydrogens (primary N) is 2. The van der Waals surface area contributed by atoms with Gasteiger partial charge in [0.2, 0.25) is 12.2 Å². The number of hydrogen-bond acceptors (Lipinski definition) is 17. The van der Waals surface area contributed by atoms with E-state index in [2.05, 4.69) is 35.2 Å². The summed E-state index contributed by atoms with van der Waals surface area (Å²) >= 11 is 11.1. The third kappa shape index (κ3) is 5.22. The van der Waals surface area contributed by atoms with Crippen LogP contribution in [0.3, 0.4) is 0 Å². The first-order valence-corrected chi connectivity index (χ1v) is 19.0. The number of anilines is 2. The van der Waals surface area contributed by atoms with Gasteiger partial charge in [0, 0.05) is 5.75 Å². The Bertz CT molecular complexity index is 2020. The van der Waals surface area contributed by atoms with Crippen LogP contribution in [0.5, 0.6) is 0 Å². The maximum Gasteiger partial charge on any atom is 0.326 e. The number of rotatable bonds is 2. The maximum absolute atomic E-state index is 16.4. The Morgan fingerprint density at radius 2 is 1.87 bits per heavy atom. The maximum atomic E-state index is 16.4. The van der Waals surface area contributed by atoms with Gasteiger partial charge in [-0.3, -0.25) is 23.4 Å². The number of fused-ring (bicyclic) bond motifs is 5. The van der Waals surface area contributed by atoms with Crippen LogP contribution in [0.4, 0.5) is 24.9 Å². The van der Waals surface area contributed by atoms with Crippen molar-refractivity contribution in [1.29, 1.82) is 0 Å². The Hall–Kier alpha value is -2.41. The van der Waals surface area contributed by atoms with Crippen molar-refractivity contribution in [1.82, 2.24) is 44.5 Å². The number of aromatic nitrogens is 9. The van der Waals surface area contributed by atoms with Crippen LogP contribution in [0, 0.1) is 0 Å². The van der Waals surface area contributed by atoms with Gasteiger partial charge in [0.15, 0.2) is 46.1 Å². The number of halogens is 3. The molecule has 7 heterocycles. The first-order valence-electron chi connectivity index (χ1n) is 12.8. The van der Waals surface area contributed by atoms with Crippen molar-refractivity contribution in [2.75, 3.05) is 30.4 Å². The SMILES string of the molecule is Nc1nc2c(ncn2[C@@]23CS[C@H](COP(O)(=S)O[C@@H]4[C@@H](COP(O)(=S)O2)O[C@@H](n2nnc5c(N)ncnc52)C4(F)F)[C@@H]3F)c(=O)[nH]1. The molecule has 46 heavy (non-hydrogen) atoms. The van der Waals surface area contributed by atoms with Crippen LogP contribution in [0.15, 0.2) is 17.4 Å². The van der Waals surface area contributed by atoms with Crippen molar-refractivity contribution >= 4 is 82.9 Å². The van der Waals surface area contributed by atoms with E-state index in [-0.39, 0.29) is 39.8 Å². The highest BCUT2D eigenvalue weighted by Gasteiger charge is 2.64. The minimum atomic E-state index is -4.58. The number of alkyl halides is 3. The molecule has 4 aromatic heterocycles. The Balaban J connectivity index is 1.28. The fourth-order valence-corrected chi connectivity index (χ4v) is 9.81. The van der Waals surface area contributed by atoms with Gasteiger partial charge < -0.3 is 35.0 Å². The van der Waals surface area contributed by atoms with Gasteiger partial charge in [-0.2, -0.15) is 18.4 Å². The average Bonchev–Trinajstić information content (AvgIpc) is 3.72. The van der Waals surface area contributed by atoms with Crippen LogP contribution in [0.25, 0.3) is 22.3 Å². The second-order valence-corrected chi connectivity index (χ2v) is 16.9. The molecular formula is C19H20F3N11O8P2S3. The third-order valence-electron chi connectivity index (χ3n) is 7.28. The molecule has 0 spiro atoms. The Morgan fingerprint density at radius 1 is 1.11 bits per heavy atom. The fourth-order valence-electron chi connectivity index (χ4n) is 5.22. The summed E-state index contributed by atoms with van der Waals surface area (Å²) in [5.74, 6) is -4.78. The van der Waals surface area contributed by atoms with E-state index >= 15 is 13.2 Å². The minimum absolute atomic E-state index is 0.0969. The standard InChI is InChI=1S/C19H20F3N11O8P2S3/c20-10-7-2-38-42(35,44)40-11-6(39-16(19(11,21)22)33-13-8(30-31-33)12(23)25-4-26-13)1-37-43(36,45)41-18(10,3-46-7)32-5-27-9-14(32)28-17(24)29-15(9)34/h4-7,10-11,16H,1-3H2,(H,35,44)(H,36,45)(H2,23,25,26)(H3,24,28,29,34)/t6-,7-,10+,11-,16-,18+,42?,43?/m1/s1. The molecule has 3 saturated heterocycles. The molecule has 3 aliphatic heterocycles. The largest absolute Gasteiger partial charge is 0.382 e. The summed E-state index contributed by atoms with van der Waals surface area (Å²) in [6.45, 7) is -10.7. The lowest BCUT2D eigenvalue weighted by Gasteiger charge is -2.35. The monoisotopic (exact) mass is 745 g/mol. The molecule has 0 aliphatic carbocycles. The minimum Gasteiger partial charge on any atom is -0.382 e. The van der Waals surface area contributed by atoms with E-state index in [0.717, 1.165) is 29.0 Å². The molecule has 248 valence electrons. The van der Waals surface area contributed by atoms with Crippen LogP contribution in [-0.4, -0.2) is 103 Å². The van der Waals surface area contributed by atoms with E-state index in [1.807, 2.05) is 0 Å². The Morgan fingerprint density at radius 3 is 2.65 bits per heavy atom. The summed E-state index contributed by atoms with van der Waals surface area (Å²) in [6.07, 6.45) is -6.54. The number of imidazole rings is 1. The Kier molecular flexibility index (Phi) is 7.74. The molecule has 0 amide bonds. The lowest BCUT2D eigenvalue weighted by molar-refractivity contribution is -0.140. The zero-order valence-electron chi connectivity index (χ0n) is 22.5. The van der Waals surface area contributed by atoms with Crippen molar-refractivity contribution in [3.8, 4) is 0 Å². The van der Waals surface area contributed by atoms with Crippen LogP contribution in [0.1, 0.15) is 6.23 Å². The molecule has 27 heteroatoms. The van der Waals surface area contributed by atoms with E-state index in [1.165, 1.54) is 0 Å². The van der Waals surface area contributed by atoms with Crippen LogP contribution in [0.2, 0.25) is 0 Å². The van der Waals surface area contributed by atoms with Crippen LogP contribution in [-0.2, 0) is 52.2 Å². The highest BCUT2D eigenvalue weighted by atomic mass is 32.5. The number of nitrogen functional groups attached to an aromatic ring is 2. The van der Waals surface area contributed by atoms with Gasteiger partial charge in [-0.05, 0) is 23.6 Å². The summed E-state index contributed by atoms with van der Waals surface area (Å²) in [5, 5.41) is 6.21. The van der Waals surface area contributed by atoms with E-state index in [1.54, 1.807) is 0 Å². The summed E-state index contributed by atoms with van der Waals surface area (Å²) < 4.78 is 77.7. The van der Waals surface area contributed by atoms with Crippen molar-refractivity contribution in [3.05, 3.63) is 23.0 Å². The number of thioether (sulfide) groups is 1. The fraction of sp³-hybridized carbons (Fsp3) is 0.526. The molecule has 8 atom stereocenters. The second-order valence-electron chi connectivity index (χ2n) is 10.1. The predicted molar refractivity (Wildman–Crippen MR) is 159 cm³/mol. The van der Waals surface area contributed by atoms with E-state index in [0.29, 0.717) is 4.68 Å². The summed E-state index contributed by atoms with van der Waals surface area (Å²) in [6, 6.07) is 0. The summed E-state index contributed by atoms with van der Waals surface area (Å²) in [4.78, 5) is 52.4. The highest BCUT2D eigenvalue weighted by Crippen LogP contribution is 2.59. The average molecular weight is 746 g/mol. The van der Waals surface area contributed by atoms with Crippen molar-refractivity contribution < 1.29 is 45.8 Å². The topological polar surface area (TPSA) is 259 Å². The lowest BCUT2D eigenvalue weighted by atomic mass is 10.1. The number of hydrogen-bond donors (Lipinski definition) is 5. The van der Waals surface area contributed by atoms with Crippen LogP contribution >= 0.6 is 25.2 Å². The number of nitrogens with one attached hydrogen (secondary N) is 1.